The van der Waals surface area contributed by atoms with E-state index in [1.54, 1.807) is 6.92 Å². The third-order valence-electron chi connectivity index (χ3n) is 2.97. The summed E-state index contributed by atoms with van der Waals surface area (Å²) >= 11 is 0. The van der Waals surface area contributed by atoms with Crippen molar-refractivity contribution in [2.75, 3.05) is 13.2 Å². The number of unbranched alkanes of at least 4 members (excludes halogenated alkanes) is 1. The van der Waals surface area contributed by atoms with Crippen LogP contribution in [0.4, 0.5) is 4.39 Å². The van der Waals surface area contributed by atoms with Crippen LogP contribution in [0.3, 0.4) is 0 Å². The first-order valence-electron chi connectivity index (χ1n) is 7.18. The summed E-state index contributed by atoms with van der Waals surface area (Å²) in [5.74, 6) is -0.611. The first-order chi connectivity index (χ1) is 10.7. The topological polar surface area (TPSA) is 77.1 Å². The molecule has 2 rings (SSSR count). The molecule has 0 aliphatic carbocycles. The van der Waals surface area contributed by atoms with Gasteiger partial charge in [0, 0.05) is 5.56 Å². The van der Waals surface area contributed by atoms with E-state index in [4.69, 9.17) is 9.47 Å². The number of H-pyrrole nitrogens is 1. The third kappa shape index (κ3) is 3.60. The minimum Gasteiger partial charge on any atom is -0.493 e. The van der Waals surface area contributed by atoms with Gasteiger partial charge in [0.2, 0.25) is 0 Å². The Bertz CT molecular complexity index is 643. The predicted octanol–water partition coefficient (Wildman–Crippen LogP) is 2.97. The Hall–Kier alpha value is -2.44. The van der Waals surface area contributed by atoms with E-state index in [2.05, 4.69) is 15.4 Å². The van der Waals surface area contributed by atoms with Crippen LogP contribution in [0.1, 0.15) is 37.2 Å². The zero-order valence-corrected chi connectivity index (χ0v) is 12.6. The highest BCUT2D eigenvalue weighted by Crippen LogP contribution is 2.31. The van der Waals surface area contributed by atoms with Gasteiger partial charge < -0.3 is 9.47 Å². The highest BCUT2D eigenvalue weighted by molar-refractivity contribution is 5.94. The Balaban J connectivity index is 2.37. The maximum absolute atomic E-state index is 13.6. The Kier molecular flexibility index (Phi) is 5.46. The molecule has 0 fully saturated rings. The summed E-state index contributed by atoms with van der Waals surface area (Å²) < 4.78 is 24.1. The van der Waals surface area contributed by atoms with Crippen molar-refractivity contribution in [3.63, 3.8) is 0 Å². The molecule has 1 N–H and O–H groups in total. The molecule has 0 unspecified atom stereocenters. The largest absolute Gasteiger partial charge is 0.493 e. The molecule has 22 heavy (non-hydrogen) atoms. The van der Waals surface area contributed by atoms with Crippen molar-refractivity contribution in [2.24, 2.45) is 0 Å². The lowest BCUT2D eigenvalue weighted by atomic mass is 10.1. The number of nitrogens with zero attached hydrogens (tertiary/aromatic N) is 2. The maximum atomic E-state index is 13.6. The van der Waals surface area contributed by atoms with Crippen molar-refractivity contribution in [1.29, 1.82) is 0 Å². The van der Waals surface area contributed by atoms with Gasteiger partial charge in [-0.2, -0.15) is 10.3 Å². The van der Waals surface area contributed by atoms with Gasteiger partial charge in [-0.05, 0) is 31.5 Å². The number of carbonyl (C=O) groups is 1. The molecule has 0 aliphatic heterocycles. The van der Waals surface area contributed by atoms with Crippen LogP contribution in [0.25, 0.3) is 11.3 Å². The number of benzene rings is 1. The molecule has 0 radical (unpaired) electrons. The normalized spacial score (nSPS) is 10.5. The summed E-state index contributed by atoms with van der Waals surface area (Å²) in [5, 5.41) is 10.1. The molecule has 0 saturated carbocycles. The Labute approximate surface area is 127 Å². The van der Waals surface area contributed by atoms with Crippen LogP contribution in [0.15, 0.2) is 18.2 Å². The summed E-state index contributed by atoms with van der Waals surface area (Å²) in [6.45, 7) is 4.46. The van der Waals surface area contributed by atoms with Crippen LogP contribution in [0.5, 0.6) is 5.75 Å². The highest BCUT2D eigenvalue weighted by Gasteiger charge is 2.22. The number of aromatic nitrogens is 3. The van der Waals surface area contributed by atoms with Gasteiger partial charge in [0.05, 0.1) is 13.2 Å². The third-order valence-corrected chi connectivity index (χ3v) is 2.97. The van der Waals surface area contributed by atoms with Crippen LogP contribution in [-0.2, 0) is 4.74 Å². The first kappa shape index (κ1) is 15.9. The minimum atomic E-state index is -0.616. The number of halogens is 1. The molecule has 118 valence electrons. The summed E-state index contributed by atoms with van der Waals surface area (Å²) in [7, 11) is 0. The van der Waals surface area contributed by atoms with Crippen molar-refractivity contribution in [3.05, 3.63) is 29.7 Å². The van der Waals surface area contributed by atoms with Crippen LogP contribution in [-0.4, -0.2) is 34.6 Å². The molecule has 7 heteroatoms. The molecule has 0 saturated heterocycles. The van der Waals surface area contributed by atoms with E-state index >= 15 is 0 Å². The van der Waals surface area contributed by atoms with Crippen molar-refractivity contribution < 1.29 is 18.7 Å². The second kappa shape index (κ2) is 7.53. The van der Waals surface area contributed by atoms with Gasteiger partial charge in [-0.3, -0.25) is 0 Å². The van der Waals surface area contributed by atoms with Crippen LogP contribution < -0.4 is 4.74 Å². The second-order valence-corrected chi connectivity index (χ2v) is 4.58. The van der Waals surface area contributed by atoms with Gasteiger partial charge in [-0.15, -0.1) is 5.10 Å². The Morgan fingerprint density at radius 2 is 2.14 bits per heavy atom. The average molecular weight is 307 g/mol. The SMILES string of the molecule is CCCCOc1ccc(F)cc1-c1n[nH]nc1C(=O)OCC. The van der Waals surface area contributed by atoms with Gasteiger partial charge in [0.25, 0.3) is 0 Å². The van der Waals surface area contributed by atoms with Gasteiger partial charge >= 0.3 is 5.97 Å². The summed E-state index contributed by atoms with van der Waals surface area (Å²) in [6.07, 6.45) is 1.86. The lowest BCUT2D eigenvalue weighted by Gasteiger charge is -2.10. The number of rotatable bonds is 7. The number of hydrogen-bond donors (Lipinski definition) is 1. The smallest absolute Gasteiger partial charge is 0.361 e. The van der Waals surface area contributed by atoms with Crippen LogP contribution in [0, 0.1) is 5.82 Å². The molecule has 0 amide bonds. The Morgan fingerprint density at radius 3 is 2.86 bits per heavy atom. The van der Waals surface area contributed by atoms with Crippen molar-refractivity contribution >= 4 is 5.97 Å². The fourth-order valence-electron chi connectivity index (χ4n) is 1.90. The summed E-state index contributed by atoms with van der Waals surface area (Å²) in [6, 6.07) is 4.08. The van der Waals surface area contributed by atoms with E-state index in [9.17, 15) is 9.18 Å². The molecule has 0 atom stereocenters. The zero-order chi connectivity index (χ0) is 15.9. The van der Waals surface area contributed by atoms with E-state index in [1.807, 2.05) is 6.92 Å². The van der Waals surface area contributed by atoms with E-state index < -0.39 is 11.8 Å². The molecule has 1 aromatic heterocycles. The van der Waals surface area contributed by atoms with E-state index in [1.165, 1.54) is 18.2 Å². The number of aromatic amines is 1. The highest BCUT2D eigenvalue weighted by atomic mass is 19.1. The number of ether oxygens (including phenoxy) is 2. The van der Waals surface area contributed by atoms with E-state index in [0.717, 1.165) is 12.8 Å². The molecule has 1 heterocycles. The number of esters is 1. The standard InChI is InChI=1S/C15H18FN3O3/c1-3-5-8-22-12-7-6-10(16)9-11(12)13-14(18-19-17-13)15(20)21-4-2/h6-7,9H,3-5,8H2,1-2H3,(H,17,18,19). The van der Waals surface area contributed by atoms with Crippen molar-refractivity contribution in [1.82, 2.24) is 15.4 Å². The fourth-order valence-corrected chi connectivity index (χ4v) is 1.90. The van der Waals surface area contributed by atoms with Crippen LogP contribution >= 0.6 is 0 Å². The number of carbonyl (C=O) groups excluding carboxylic acids is 1. The molecular weight excluding hydrogens is 289 g/mol. The monoisotopic (exact) mass is 307 g/mol. The summed E-state index contributed by atoms with van der Waals surface area (Å²) in [4.78, 5) is 11.9. The molecule has 0 spiro atoms. The van der Waals surface area contributed by atoms with E-state index in [0.29, 0.717) is 17.9 Å². The fraction of sp³-hybridized carbons (Fsp3) is 0.400. The molecule has 1 aromatic carbocycles. The summed E-state index contributed by atoms with van der Waals surface area (Å²) in [5.41, 5.74) is 0.588. The van der Waals surface area contributed by atoms with Crippen LogP contribution in [0.2, 0.25) is 0 Å². The number of nitrogens with one attached hydrogen (secondary N) is 1. The molecule has 2 aromatic rings. The van der Waals surface area contributed by atoms with Gasteiger partial charge in [0.1, 0.15) is 17.3 Å². The first-order valence-corrected chi connectivity index (χ1v) is 7.18. The van der Waals surface area contributed by atoms with Gasteiger partial charge in [-0.1, -0.05) is 13.3 Å². The quantitative estimate of drug-likeness (QED) is 0.628. The zero-order valence-electron chi connectivity index (χ0n) is 12.6. The van der Waals surface area contributed by atoms with Gasteiger partial charge in [0.15, 0.2) is 5.69 Å². The van der Waals surface area contributed by atoms with Crippen molar-refractivity contribution in [3.8, 4) is 17.0 Å². The molecule has 0 aliphatic rings. The lowest BCUT2D eigenvalue weighted by molar-refractivity contribution is 0.0520. The minimum absolute atomic E-state index is 0.00721. The Morgan fingerprint density at radius 1 is 1.32 bits per heavy atom. The van der Waals surface area contributed by atoms with Gasteiger partial charge in [-0.25, -0.2) is 9.18 Å². The molecule has 0 bridgehead atoms. The predicted molar refractivity (Wildman–Crippen MR) is 78.1 cm³/mol. The number of hydrogen-bond acceptors (Lipinski definition) is 5. The maximum Gasteiger partial charge on any atom is 0.361 e. The van der Waals surface area contributed by atoms with E-state index in [-0.39, 0.29) is 18.0 Å². The average Bonchev–Trinajstić information content (AvgIpc) is 2.98. The molecule has 6 nitrogen and oxygen atoms in total. The second-order valence-electron chi connectivity index (χ2n) is 4.58. The van der Waals surface area contributed by atoms with Crippen molar-refractivity contribution in [2.45, 2.75) is 26.7 Å². The lowest BCUT2D eigenvalue weighted by Crippen LogP contribution is -2.07. The molecular formula is C15H18FN3O3.